The van der Waals surface area contributed by atoms with Gasteiger partial charge >= 0.3 is 0 Å². The van der Waals surface area contributed by atoms with Crippen LogP contribution in [0, 0.1) is 10.1 Å². The fourth-order valence-corrected chi connectivity index (χ4v) is 1.50. The van der Waals surface area contributed by atoms with E-state index < -0.39 is 25.6 Å². The third-order valence-corrected chi connectivity index (χ3v) is 2.40. The van der Waals surface area contributed by atoms with Crippen LogP contribution in [-0.2, 0) is 10.1 Å². The quantitative estimate of drug-likeness (QED) is 0.336. The maximum atomic E-state index is 10.7. The Balaban J connectivity index is 0.00000196. The summed E-state index contributed by atoms with van der Waals surface area (Å²) < 4.78 is 30.0. The fourth-order valence-electron chi connectivity index (χ4n) is 0.860. The first-order valence-electron chi connectivity index (χ1n) is 3.34. The maximum Gasteiger partial charge on any atom is 0.296 e. The monoisotopic (exact) mass is 238 g/mol. The first-order chi connectivity index (χ1) is 6.32. The van der Waals surface area contributed by atoms with Gasteiger partial charge in [-0.15, -0.1) is 0 Å². The Bertz CT molecular complexity index is 486. The molecule has 0 radical (unpaired) electrons. The molecule has 15 heavy (non-hydrogen) atoms. The maximum absolute atomic E-state index is 10.7. The van der Waals surface area contributed by atoms with Crippen molar-refractivity contribution in [3.63, 3.8) is 0 Å². The van der Waals surface area contributed by atoms with Crippen molar-refractivity contribution < 1.29 is 22.6 Å². The molecule has 1 aromatic carbocycles. The molecule has 0 spiro atoms. The molecule has 7 nitrogen and oxygen atoms in total. The highest BCUT2D eigenvalue weighted by Crippen LogP contribution is 2.23. The van der Waals surface area contributed by atoms with Crippen molar-refractivity contribution in [1.29, 1.82) is 0 Å². The van der Waals surface area contributed by atoms with Gasteiger partial charge in [0.05, 0.1) is 10.6 Å². The smallest absolute Gasteiger partial charge is 0.296 e. The largest absolute Gasteiger partial charge is 0.398 e. The minimum Gasteiger partial charge on any atom is -0.398 e. The first-order valence-corrected chi connectivity index (χ1v) is 4.78. The highest BCUT2D eigenvalue weighted by Gasteiger charge is 2.18. The van der Waals surface area contributed by atoms with Crippen LogP contribution in [0.3, 0.4) is 0 Å². The van der Waals surface area contributed by atoms with Gasteiger partial charge in [-0.1, -0.05) is 0 Å². The number of halogens is 1. The van der Waals surface area contributed by atoms with E-state index in [4.69, 9.17) is 10.3 Å². The summed E-state index contributed by atoms with van der Waals surface area (Å²) in [6.45, 7) is 0. The van der Waals surface area contributed by atoms with Gasteiger partial charge in [0.1, 0.15) is 4.90 Å². The minimum absolute atomic E-state index is 0. The highest BCUT2D eigenvalue weighted by molar-refractivity contribution is 7.86. The summed E-state index contributed by atoms with van der Waals surface area (Å²) >= 11 is 0. The molecule has 0 aliphatic heterocycles. The van der Waals surface area contributed by atoms with Crippen molar-refractivity contribution in [2.75, 3.05) is 5.73 Å². The van der Waals surface area contributed by atoms with Crippen LogP contribution in [-0.4, -0.2) is 17.9 Å². The summed E-state index contributed by atoms with van der Waals surface area (Å²) in [5.74, 6) is 0. The molecule has 0 aliphatic rings. The van der Waals surface area contributed by atoms with Crippen LogP contribution < -0.4 is 5.73 Å². The molecule has 0 saturated heterocycles. The molecule has 0 atom stereocenters. The third kappa shape index (κ3) is 2.86. The standard InChI is InChI=1S/C6H6N2O5S.FH/c7-5-2-1-4(8(9)10)3-6(5)14(11,12)13;/h1-3H,7H2,(H,11,12,13);1H. The van der Waals surface area contributed by atoms with Crippen molar-refractivity contribution in [2.24, 2.45) is 0 Å². The Hall–Kier alpha value is -1.74. The summed E-state index contributed by atoms with van der Waals surface area (Å²) in [5, 5.41) is 10.3. The number of non-ortho nitro benzene ring substituents is 1. The molecule has 1 aromatic rings. The second-order valence-electron chi connectivity index (χ2n) is 2.45. The van der Waals surface area contributed by atoms with Gasteiger partial charge < -0.3 is 5.73 Å². The number of benzene rings is 1. The molecule has 0 unspecified atom stereocenters. The first kappa shape index (κ1) is 13.3. The second-order valence-corrected chi connectivity index (χ2v) is 3.84. The third-order valence-electron chi connectivity index (χ3n) is 1.49. The van der Waals surface area contributed by atoms with Gasteiger partial charge in [0.15, 0.2) is 0 Å². The SMILES string of the molecule is F.Nc1ccc([N+](=O)[O-])cc1S(=O)(=O)O. The lowest BCUT2D eigenvalue weighted by molar-refractivity contribution is -0.385. The number of nitro benzene ring substituents is 1. The Labute approximate surface area is 83.8 Å². The molecule has 0 saturated carbocycles. The summed E-state index contributed by atoms with van der Waals surface area (Å²) in [5.41, 5.74) is 4.52. The van der Waals surface area contributed by atoms with E-state index in [1.165, 1.54) is 0 Å². The van der Waals surface area contributed by atoms with E-state index >= 15 is 0 Å². The lowest BCUT2D eigenvalue weighted by atomic mass is 10.3. The lowest BCUT2D eigenvalue weighted by Gasteiger charge is -2.00. The van der Waals surface area contributed by atoms with E-state index in [9.17, 15) is 18.5 Å². The van der Waals surface area contributed by atoms with Gasteiger partial charge in [-0.2, -0.15) is 8.42 Å². The molecule has 1 rings (SSSR count). The average molecular weight is 238 g/mol. The minimum atomic E-state index is -4.52. The van der Waals surface area contributed by atoms with Crippen molar-refractivity contribution in [3.05, 3.63) is 28.3 Å². The van der Waals surface area contributed by atoms with Crippen molar-refractivity contribution in [3.8, 4) is 0 Å². The van der Waals surface area contributed by atoms with Crippen LogP contribution in [0.4, 0.5) is 16.1 Å². The molecule has 84 valence electrons. The predicted molar refractivity (Wildman–Crippen MR) is 49.8 cm³/mol. The predicted octanol–water partition coefficient (Wildman–Crippen LogP) is 0.576. The second kappa shape index (κ2) is 4.19. The van der Waals surface area contributed by atoms with E-state index in [0.717, 1.165) is 12.1 Å². The molecule has 0 amide bonds. The number of nitrogens with two attached hydrogens (primary N) is 1. The molecule has 0 heterocycles. The molecule has 0 bridgehead atoms. The molecule has 0 aliphatic carbocycles. The Kier molecular flexibility index (Phi) is 3.70. The summed E-state index contributed by atoms with van der Waals surface area (Å²) in [6, 6.07) is 2.79. The number of nitro groups is 1. The van der Waals surface area contributed by atoms with Crippen LogP contribution >= 0.6 is 0 Å². The average Bonchev–Trinajstić information content (AvgIpc) is 2.02. The van der Waals surface area contributed by atoms with E-state index in [1.54, 1.807) is 0 Å². The topological polar surface area (TPSA) is 124 Å². The summed E-state index contributed by atoms with van der Waals surface area (Å²) in [4.78, 5) is 8.84. The molecular weight excluding hydrogens is 231 g/mol. The van der Waals surface area contributed by atoms with E-state index in [0.29, 0.717) is 6.07 Å². The number of hydrogen-bond acceptors (Lipinski definition) is 5. The lowest BCUT2D eigenvalue weighted by Crippen LogP contribution is -2.03. The van der Waals surface area contributed by atoms with Gasteiger partial charge in [-0.05, 0) is 6.07 Å². The zero-order valence-corrected chi connectivity index (χ0v) is 7.97. The number of anilines is 1. The van der Waals surface area contributed by atoms with Gasteiger partial charge in [0.25, 0.3) is 15.8 Å². The van der Waals surface area contributed by atoms with Crippen LogP contribution in [0.2, 0.25) is 0 Å². The van der Waals surface area contributed by atoms with E-state index in [2.05, 4.69) is 0 Å². The Morgan fingerprint density at radius 3 is 2.33 bits per heavy atom. The fraction of sp³-hybridized carbons (Fsp3) is 0. The Morgan fingerprint density at radius 2 is 1.93 bits per heavy atom. The van der Waals surface area contributed by atoms with E-state index in [-0.39, 0.29) is 10.4 Å². The molecule has 3 N–H and O–H groups in total. The van der Waals surface area contributed by atoms with Crippen molar-refractivity contribution in [1.82, 2.24) is 0 Å². The number of hydrogen-bond donors (Lipinski definition) is 2. The zero-order chi connectivity index (χ0) is 10.9. The normalized spacial score (nSPS) is 10.5. The molecular formula is C6H7FN2O5S. The zero-order valence-electron chi connectivity index (χ0n) is 7.15. The molecule has 0 fully saturated rings. The van der Waals surface area contributed by atoms with E-state index in [1.807, 2.05) is 0 Å². The van der Waals surface area contributed by atoms with Crippen molar-refractivity contribution in [2.45, 2.75) is 4.90 Å². The van der Waals surface area contributed by atoms with Crippen LogP contribution in [0.15, 0.2) is 23.1 Å². The van der Waals surface area contributed by atoms with Gasteiger partial charge in [0, 0.05) is 12.1 Å². The van der Waals surface area contributed by atoms with Crippen LogP contribution in [0.25, 0.3) is 0 Å². The van der Waals surface area contributed by atoms with Gasteiger partial charge in [-0.3, -0.25) is 19.4 Å². The van der Waals surface area contributed by atoms with Crippen molar-refractivity contribution >= 4 is 21.5 Å². The molecule has 9 heteroatoms. The number of nitrogens with zero attached hydrogens (tertiary/aromatic N) is 1. The number of nitrogen functional groups attached to an aromatic ring is 1. The van der Waals surface area contributed by atoms with Gasteiger partial charge in [-0.25, -0.2) is 0 Å². The van der Waals surface area contributed by atoms with Crippen LogP contribution in [0.1, 0.15) is 0 Å². The highest BCUT2D eigenvalue weighted by atomic mass is 32.2. The molecule has 0 aromatic heterocycles. The summed E-state index contributed by atoms with van der Waals surface area (Å²) in [7, 11) is -4.52. The van der Waals surface area contributed by atoms with Gasteiger partial charge in [0.2, 0.25) is 0 Å². The number of rotatable bonds is 2. The summed E-state index contributed by atoms with van der Waals surface area (Å²) in [6.07, 6.45) is 0. The van der Waals surface area contributed by atoms with Crippen LogP contribution in [0.5, 0.6) is 0 Å². The Morgan fingerprint density at radius 1 is 1.40 bits per heavy atom.